The maximum absolute atomic E-state index is 12.5. The summed E-state index contributed by atoms with van der Waals surface area (Å²) in [6.07, 6.45) is 1.56. The maximum Gasteiger partial charge on any atom is 0.348 e. The quantitative estimate of drug-likeness (QED) is 0.859. The van der Waals surface area contributed by atoms with Gasteiger partial charge in [-0.05, 0) is 29.8 Å². The molecule has 0 aromatic heterocycles. The van der Waals surface area contributed by atoms with Crippen molar-refractivity contribution in [2.24, 2.45) is 4.99 Å². The molecular formula is C20H17ClN4O3. The van der Waals surface area contributed by atoms with Gasteiger partial charge in [0.1, 0.15) is 0 Å². The lowest BCUT2D eigenvalue weighted by Crippen LogP contribution is -2.31. The molecule has 142 valence electrons. The van der Waals surface area contributed by atoms with Gasteiger partial charge in [0, 0.05) is 30.3 Å². The Kier molecular flexibility index (Phi) is 4.99. The average Bonchev–Trinajstić information content (AvgIpc) is 3.02. The van der Waals surface area contributed by atoms with E-state index in [0.29, 0.717) is 30.3 Å². The van der Waals surface area contributed by atoms with E-state index in [1.807, 2.05) is 36.4 Å². The molecule has 0 unspecified atom stereocenters. The van der Waals surface area contributed by atoms with Gasteiger partial charge in [0.15, 0.2) is 0 Å². The lowest BCUT2D eigenvalue weighted by molar-refractivity contribution is -0.114. The number of hydrogen-bond donors (Lipinski definition) is 1. The molecule has 0 fully saturated rings. The Morgan fingerprint density at radius 2 is 1.96 bits per heavy atom. The minimum Gasteiger partial charge on any atom is -0.418 e. The Bertz CT molecular complexity index is 974. The van der Waals surface area contributed by atoms with Crippen LogP contribution in [0.3, 0.4) is 0 Å². The van der Waals surface area contributed by atoms with Gasteiger partial charge in [0.05, 0.1) is 6.20 Å². The van der Waals surface area contributed by atoms with Crippen LogP contribution in [0, 0.1) is 0 Å². The Hall–Kier alpha value is -3.32. The van der Waals surface area contributed by atoms with Gasteiger partial charge in [-0.1, -0.05) is 41.9 Å². The van der Waals surface area contributed by atoms with E-state index < -0.39 is 11.9 Å². The summed E-state index contributed by atoms with van der Waals surface area (Å²) in [6, 6.07) is 16.1. The monoisotopic (exact) mass is 396 g/mol. The molecule has 0 saturated carbocycles. The molecule has 4 rings (SSSR count). The molecule has 28 heavy (non-hydrogen) atoms. The number of carbonyl (C=O) groups excluding carboxylic acids is 2. The number of hydrogen-bond acceptors (Lipinski definition) is 4. The summed E-state index contributed by atoms with van der Waals surface area (Å²) in [7, 11) is 0. The fourth-order valence-electron chi connectivity index (χ4n) is 2.93. The van der Waals surface area contributed by atoms with Crippen LogP contribution in [0.15, 0.2) is 71.5 Å². The van der Waals surface area contributed by atoms with E-state index in [1.165, 1.54) is 0 Å². The van der Waals surface area contributed by atoms with Crippen LogP contribution in [0.25, 0.3) is 0 Å². The molecular weight excluding hydrogens is 380 g/mol. The van der Waals surface area contributed by atoms with Gasteiger partial charge in [-0.25, -0.2) is 4.79 Å². The highest BCUT2D eigenvalue weighted by Crippen LogP contribution is 2.20. The molecule has 0 spiro atoms. The summed E-state index contributed by atoms with van der Waals surface area (Å²) >= 11 is 6.01. The Labute approximate surface area is 166 Å². The van der Waals surface area contributed by atoms with Crippen molar-refractivity contribution in [1.29, 1.82) is 0 Å². The molecule has 2 aromatic carbocycles. The van der Waals surface area contributed by atoms with Crippen molar-refractivity contribution in [3.8, 4) is 0 Å². The van der Waals surface area contributed by atoms with Crippen LogP contribution >= 0.6 is 11.6 Å². The number of anilines is 1. The highest BCUT2D eigenvalue weighted by Gasteiger charge is 2.31. The van der Waals surface area contributed by atoms with Gasteiger partial charge in [-0.15, -0.1) is 4.99 Å². The Morgan fingerprint density at radius 3 is 2.75 bits per heavy atom. The predicted molar refractivity (Wildman–Crippen MR) is 106 cm³/mol. The zero-order valence-corrected chi connectivity index (χ0v) is 15.6. The summed E-state index contributed by atoms with van der Waals surface area (Å²) in [4.78, 5) is 32.1. The van der Waals surface area contributed by atoms with Gasteiger partial charge in [0.25, 0.3) is 5.91 Å². The van der Waals surface area contributed by atoms with Crippen LogP contribution in [0.5, 0.6) is 0 Å². The topological polar surface area (TPSA) is 74.2 Å². The molecule has 3 amide bonds. The van der Waals surface area contributed by atoms with E-state index in [4.69, 9.17) is 16.3 Å². The third-order valence-electron chi connectivity index (χ3n) is 4.31. The fraction of sp³-hybridized carbons (Fsp3) is 0.150. The van der Waals surface area contributed by atoms with Gasteiger partial charge in [0.2, 0.25) is 5.76 Å². The zero-order chi connectivity index (χ0) is 19.5. The number of benzene rings is 2. The van der Waals surface area contributed by atoms with Gasteiger partial charge < -0.3 is 15.0 Å². The lowest BCUT2D eigenvalue weighted by atomic mass is 10.2. The third kappa shape index (κ3) is 3.99. The first-order valence-electron chi connectivity index (χ1n) is 8.73. The van der Waals surface area contributed by atoms with Crippen molar-refractivity contribution in [1.82, 2.24) is 9.80 Å². The number of amidine groups is 1. The van der Waals surface area contributed by atoms with Crippen molar-refractivity contribution >= 4 is 35.2 Å². The number of ether oxygens (including phenoxy) is 1. The summed E-state index contributed by atoms with van der Waals surface area (Å²) in [5.41, 5.74) is 1.58. The van der Waals surface area contributed by atoms with Crippen LogP contribution in [0.1, 0.15) is 5.56 Å². The third-order valence-corrected chi connectivity index (χ3v) is 4.55. The van der Waals surface area contributed by atoms with Gasteiger partial charge in [-0.2, -0.15) is 0 Å². The van der Waals surface area contributed by atoms with E-state index in [1.54, 1.807) is 34.2 Å². The van der Waals surface area contributed by atoms with Crippen LogP contribution in [-0.2, 0) is 16.1 Å². The first kappa shape index (κ1) is 18.1. The first-order chi connectivity index (χ1) is 13.6. The van der Waals surface area contributed by atoms with E-state index in [9.17, 15) is 9.59 Å². The molecule has 0 atom stereocenters. The molecule has 2 aliphatic heterocycles. The number of carbonyl (C=O) groups is 2. The number of nitrogens with zero attached hydrogens (tertiary/aromatic N) is 3. The molecule has 0 radical (unpaired) electrons. The largest absolute Gasteiger partial charge is 0.418 e. The summed E-state index contributed by atoms with van der Waals surface area (Å²) < 4.78 is 5.52. The van der Waals surface area contributed by atoms with Crippen LogP contribution in [-0.4, -0.2) is 40.8 Å². The first-order valence-corrected chi connectivity index (χ1v) is 9.11. The Morgan fingerprint density at radius 1 is 1.14 bits per heavy atom. The highest BCUT2D eigenvalue weighted by atomic mass is 35.5. The van der Waals surface area contributed by atoms with E-state index in [0.717, 1.165) is 5.56 Å². The van der Waals surface area contributed by atoms with Crippen molar-refractivity contribution < 1.29 is 14.3 Å². The molecule has 0 saturated heterocycles. The number of halogens is 1. The summed E-state index contributed by atoms with van der Waals surface area (Å²) in [6.45, 7) is 1.30. The highest BCUT2D eigenvalue weighted by molar-refractivity contribution is 6.30. The second-order valence-electron chi connectivity index (χ2n) is 6.34. The number of urea groups is 1. The number of amides is 3. The minimum absolute atomic E-state index is 0.0960. The summed E-state index contributed by atoms with van der Waals surface area (Å²) in [5.74, 6) is -0.302. The average molecular weight is 397 g/mol. The van der Waals surface area contributed by atoms with E-state index in [-0.39, 0.29) is 11.8 Å². The van der Waals surface area contributed by atoms with E-state index >= 15 is 0 Å². The van der Waals surface area contributed by atoms with E-state index in [2.05, 4.69) is 10.3 Å². The second-order valence-corrected chi connectivity index (χ2v) is 6.77. The molecule has 2 aliphatic rings. The number of fused-ring (bicyclic) bond motifs is 1. The number of para-hydroxylation sites is 1. The molecule has 0 aliphatic carbocycles. The van der Waals surface area contributed by atoms with Crippen molar-refractivity contribution in [2.75, 3.05) is 18.4 Å². The summed E-state index contributed by atoms with van der Waals surface area (Å²) in [5, 5.41) is 3.36. The molecule has 2 aromatic rings. The van der Waals surface area contributed by atoms with Crippen molar-refractivity contribution in [2.45, 2.75) is 6.54 Å². The molecule has 8 heteroatoms. The smallest absolute Gasteiger partial charge is 0.348 e. The number of nitrogens with one attached hydrogen (secondary N) is 1. The molecule has 1 N–H and O–H groups in total. The molecule has 0 bridgehead atoms. The van der Waals surface area contributed by atoms with Crippen LogP contribution < -0.4 is 5.32 Å². The number of aliphatic imine (C=N–C) groups is 1. The van der Waals surface area contributed by atoms with Crippen molar-refractivity contribution in [3.05, 3.63) is 77.1 Å². The van der Waals surface area contributed by atoms with Gasteiger partial charge >= 0.3 is 12.1 Å². The van der Waals surface area contributed by atoms with Crippen molar-refractivity contribution in [3.63, 3.8) is 0 Å². The maximum atomic E-state index is 12.5. The lowest BCUT2D eigenvalue weighted by Gasteiger charge is -2.19. The second kappa shape index (κ2) is 7.74. The normalized spacial score (nSPS) is 16.0. The van der Waals surface area contributed by atoms with Crippen LogP contribution in [0.2, 0.25) is 5.02 Å². The molecule has 2 heterocycles. The number of rotatable bonds is 4. The SMILES string of the molecule is O=C(Nc1ccccc1)C1=CN2CCN(Cc3cccc(Cl)c3)C(=O)N=C2O1. The minimum atomic E-state index is -0.421. The fourth-order valence-corrected chi connectivity index (χ4v) is 3.14. The van der Waals surface area contributed by atoms with Crippen LogP contribution in [0.4, 0.5) is 10.5 Å². The zero-order valence-electron chi connectivity index (χ0n) is 14.8. The van der Waals surface area contributed by atoms with Gasteiger partial charge in [-0.3, -0.25) is 9.69 Å². The predicted octanol–water partition coefficient (Wildman–Crippen LogP) is 3.44. The Balaban J connectivity index is 1.43. The standard InChI is InChI=1S/C20H17ClN4O3/c21-15-6-4-5-14(11-15)12-24-9-10-25-13-17(28-20(25)23-19(24)27)18(26)22-16-7-2-1-3-8-16/h1-8,11,13H,9-10,12H2,(H,22,26). The molecule has 7 nitrogen and oxygen atoms in total.